The molecule has 1 aliphatic rings. The minimum Gasteiger partial charge on any atom is -0.350 e. The van der Waals surface area contributed by atoms with E-state index in [9.17, 15) is 19.7 Å². The van der Waals surface area contributed by atoms with Crippen LogP contribution in [0.1, 0.15) is 26.7 Å². The Balaban J connectivity index is 2.55. The maximum atomic E-state index is 12.2. The number of thiol groups is 1. The van der Waals surface area contributed by atoms with Gasteiger partial charge >= 0.3 is 0 Å². The summed E-state index contributed by atoms with van der Waals surface area (Å²) in [5.74, 6) is -0.197. The average molecular weight is 319 g/mol. The zero-order valence-corrected chi connectivity index (χ0v) is 13.0. The molecule has 0 bridgehead atoms. The Morgan fingerprint density at radius 2 is 2.19 bits per heavy atom. The van der Waals surface area contributed by atoms with Crippen molar-refractivity contribution in [2.24, 2.45) is 5.92 Å². The van der Waals surface area contributed by atoms with Crippen molar-refractivity contribution in [1.29, 1.82) is 0 Å². The molecular weight excluding hydrogens is 298 g/mol. The van der Waals surface area contributed by atoms with E-state index in [-0.39, 0.29) is 24.3 Å². The van der Waals surface area contributed by atoms with Crippen molar-refractivity contribution in [2.45, 2.75) is 38.8 Å². The zero-order valence-electron chi connectivity index (χ0n) is 12.2. The molecule has 1 aliphatic heterocycles. The van der Waals surface area contributed by atoms with Crippen LogP contribution in [0.15, 0.2) is 0 Å². The first-order valence-electron chi connectivity index (χ1n) is 6.85. The fourth-order valence-electron chi connectivity index (χ4n) is 2.22. The summed E-state index contributed by atoms with van der Waals surface area (Å²) >= 11 is 4.10. The number of nitrogens with zero attached hydrogens (tertiary/aromatic N) is 2. The summed E-state index contributed by atoms with van der Waals surface area (Å²) in [6, 6.07) is -1.01. The Morgan fingerprint density at radius 1 is 1.52 bits per heavy atom. The smallest absolute Gasteiger partial charge is 0.294 e. The standard InChI is InChI=1S/C12H21N3O5S/c1-8(7-21)12(17)14-5-3-4-10(14)11(16)13-9(2)6-20-15(18)19/h8-10,21H,3-7H2,1-2H3,(H,13,16)/t8?,9?,10-/m0/s1. The predicted octanol–water partition coefficient (Wildman–Crippen LogP) is 0.256. The molecule has 1 fully saturated rings. The number of hydrogen-bond acceptors (Lipinski definition) is 6. The first-order chi connectivity index (χ1) is 9.86. The number of hydrogen-bond donors (Lipinski definition) is 2. The fourth-order valence-corrected chi connectivity index (χ4v) is 2.37. The van der Waals surface area contributed by atoms with Gasteiger partial charge in [-0.25, -0.2) is 0 Å². The third-order valence-corrected chi connectivity index (χ3v) is 3.90. The Hall–Kier alpha value is -1.51. The highest BCUT2D eigenvalue weighted by Crippen LogP contribution is 2.20. The molecule has 9 heteroatoms. The second-order valence-corrected chi connectivity index (χ2v) is 5.57. The van der Waals surface area contributed by atoms with Gasteiger partial charge in [-0.15, -0.1) is 10.1 Å². The van der Waals surface area contributed by atoms with Crippen LogP contribution in [0, 0.1) is 16.0 Å². The first kappa shape index (κ1) is 17.5. The zero-order chi connectivity index (χ0) is 16.0. The molecule has 0 spiro atoms. The molecule has 1 N–H and O–H groups in total. The van der Waals surface area contributed by atoms with Gasteiger partial charge in [-0.1, -0.05) is 6.92 Å². The molecule has 2 amide bonds. The Labute approximate surface area is 128 Å². The third kappa shape index (κ3) is 5.07. The molecule has 1 heterocycles. The average Bonchev–Trinajstić information content (AvgIpc) is 2.92. The van der Waals surface area contributed by atoms with Gasteiger partial charge in [0, 0.05) is 24.3 Å². The van der Waals surface area contributed by atoms with Crippen molar-refractivity contribution < 1.29 is 19.5 Å². The summed E-state index contributed by atoms with van der Waals surface area (Å²) < 4.78 is 0. The number of carbonyl (C=O) groups is 2. The Kier molecular flexibility index (Phi) is 6.73. The van der Waals surface area contributed by atoms with Crippen molar-refractivity contribution in [3.05, 3.63) is 10.1 Å². The minimum absolute atomic E-state index is 0.0863. The lowest BCUT2D eigenvalue weighted by molar-refractivity contribution is -0.758. The Morgan fingerprint density at radius 3 is 2.76 bits per heavy atom. The minimum atomic E-state index is -0.900. The molecule has 1 saturated heterocycles. The van der Waals surface area contributed by atoms with Crippen molar-refractivity contribution in [1.82, 2.24) is 10.2 Å². The van der Waals surface area contributed by atoms with Gasteiger partial charge < -0.3 is 15.1 Å². The van der Waals surface area contributed by atoms with Crippen LogP contribution in [-0.4, -0.2) is 52.8 Å². The summed E-state index contributed by atoms with van der Waals surface area (Å²) in [4.78, 5) is 40.2. The van der Waals surface area contributed by atoms with E-state index >= 15 is 0 Å². The molecule has 8 nitrogen and oxygen atoms in total. The maximum absolute atomic E-state index is 12.2. The van der Waals surface area contributed by atoms with Gasteiger partial charge in [0.2, 0.25) is 11.8 Å². The number of amides is 2. The lowest BCUT2D eigenvalue weighted by atomic mass is 10.1. The lowest BCUT2D eigenvalue weighted by Crippen LogP contribution is -2.50. The fraction of sp³-hybridized carbons (Fsp3) is 0.833. The van der Waals surface area contributed by atoms with E-state index in [1.54, 1.807) is 18.7 Å². The summed E-state index contributed by atoms with van der Waals surface area (Å²) in [5, 5.41) is 11.8. The SMILES string of the molecule is CC(CO[N+](=O)[O-])NC(=O)[C@@H]1CCCN1C(=O)C(C)CS. The molecule has 3 atom stereocenters. The van der Waals surface area contributed by atoms with Gasteiger partial charge in [0.1, 0.15) is 12.6 Å². The van der Waals surface area contributed by atoms with Crippen LogP contribution in [0.4, 0.5) is 0 Å². The summed E-state index contributed by atoms with van der Waals surface area (Å²) in [6.07, 6.45) is 1.36. The molecule has 0 aromatic heterocycles. The number of carbonyl (C=O) groups excluding carboxylic acids is 2. The normalized spacial score (nSPS) is 20.7. The molecule has 0 aliphatic carbocycles. The van der Waals surface area contributed by atoms with Crippen molar-refractivity contribution in [3.8, 4) is 0 Å². The molecule has 120 valence electrons. The quantitative estimate of drug-likeness (QED) is 0.398. The van der Waals surface area contributed by atoms with Gasteiger partial charge in [0.25, 0.3) is 5.09 Å². The van der Waals surface area contributed by atoms with Gasteiger partial charge in [0.15, 0.2) is 0 Å². The molecule has 0 aromatic rings. The van der Waals surface area contributed by atoms with Crippen LogP contribution in [0.5, 0.6) is 0 Å². The molecule has 21 heavy (non-hydrogen) atoms. The maximum Gasteiger partial charge on any atom is 0.294 e. The molecule has 0 radical (unpaired) electrons. The Bertz CT molecular complexity index is 406. The molecule has 2 unspecified atom stereocenters. The number of likely N-dealkylation sites (tertiary alicyclic amines) is 1. The van der Waals surface area contributed by atoms with Gasteiger partial charge in [-0.05, 0) is 19.8 Å². The van der Waals surface area contributed by atoms with Crippen LogP contribution in [0.2, 0.25) is 0 Å². The monoisotopic (exact) mass is 319 g/mol. The van der Waals surface area contributed by atoms with Crippen molar-refractivity contribution in [2.75, 3.05) is 18.9 Å². The van der Waals surface area contributed by atoms with Crippen molar-refractivity contribution >= 4 is 24.4 Å². The number of rotatable bonds is 7. The van der Waals surface area contributed by atoms with E-state index < -0.39 is 17.2 Å². The summed E-state index contributed by atoms with van der Waals surface area (Å²) in [7, 11) is 0. The van der Waals surface area contributed by atoms with Gasteiger partial charge in [-0.3, -0.25) is 9.59 Å². The second kappa shape index (κ2) is 8.06. The van der Waals surface area contributed by atoms with Crippen LogP contribution >= 0.6 is 12.6 Å². The van der Waals surface area contributed by atoms with Crippen LogP contribution < -0.4 is 5.32 Å². The predicted molar refractivity (Wildman–Crippen MR) is 78.3 cm³/mol. The topological polar surface area (TPSA) is 102 Å². The van der Waals surface area contributed by atoms with Gasteiger partial charge in [-0.2, -0.15) is 12.6 Å². The highest BCUT2D eigenvalue weighted by molar-refractivity contribution is 7.80. The van der Waals surface area contributed by atoms with Crippen LogP contribution in [-0.2, 0) is 14.4 Å². The molecule has 0 saturated carbocycles. The van der Waals surface area contributed by atoms with Gasteiger partial charge in [0.05, 0.1) is 0 Å². The molecule has 0 aromatic carbocycles. The number of nitrogens with one attached hydrogen (secondary N) is 1. The van der Waals surface area contributed by atoms with E-state index in [1.165, 1.54) is 0 Å². The van der Waals surface area contributed by atoms with Crippen LogP contribution in [0.3, 0.4) is 0 Å². The van der Waals surface area contributed by atoms with Crippen molar-refractivity contribution in [3.63, 3.8) is 0 Å². The van der Waals surface area contributed by atoms with E-state index in [0.29, 0.717) is 18.7 Å². The largest absolute Gasteiger partial charge is 0.350 e. The van der Waals surface area contributed by atoms with E-state index in [1.807, 2.05) is 0 Å². The second-order valence-electron chi connectivity index (χ2n) is 5.20. The lowest BCUT2D eigenvalue weighted by Gasteiger charge is -2.27. The highest BCUT2D eigenvalue weighted by Gasteiger charge is 2.35. The van der Waals surface area contributed by atoms with Crippen LogP contribution in [0.25, 0.3) is 0 Å². The first-order valence-corrected chi connectivity index (χ1v) is 7.49. The summed E-state index contributed by atoms with van der Waals surface area (Å²) in [6.45, 7) is 3.72. The molecular formula is C12H21N3O5S. The third-order valence-electron chi connectivity index (χ3n) is 3.35. The van der Waals surface area contributed by atoms with E-state index in [0.717, 1.165) is 6.42 Å². The summed E-state index contributed by atoms with van der Waals surface area (Å²) in [5.41, 5.74) is 0. The molecule has 1 rings (SSSR count). The highest BCUT2D eigenvalue weighted by atomic mass is 32.1. The van der Waals surface area contributed by atoms with E-state index in [2.05, 4.69) is 22.8 Å². The van der Waals surface area contributed by atoms with E-state index in [4.69, 9.17) is 0 Å².